The fraction of sp³-hybridized carbons (Fsp3) is 0.611. The predicted molar refractivity (Wildman–Crippen MR) is 93.1 cm³/mol. The fourth-order valence-electron chi connectivity index (χ4n) is 2.87. The lowest BCUT2D eigenvalue weighted by Crippen LogP contribution is -2.46. The Hall–Kier alpha value is -2.35. The molecule has 1 fully saturated rings. The number of morpholine rings is 1. The summed E-state index contributed by atoms with van der Waals surface area (Å²) in [5, 5.41) is 0. The molecule has 0 saturated carbocycles. The molecule has 1 atom stereocenters. The number of H-pyrrole nitrogens is 1. The summed E-state index contributed by atoms with van der Waals surface area (Å²) >= 11 is 0. The monoisotopic (exact) mass is 366 g/mol. The van der Waals surface area contributed by atoms with E-state index in [1.165, 1.54) is 0 Å². The first-order valence-electron chi connectivity index (χ1n) is 8.67. The molecule has 1 aromatic rings. The van der Waals surface area contributed by atoms with E-state index < -0.39 is 11.9 Å². The van der Waals surface area contributed by atoms with Gasteiger partial charge in [0.2, 0.25) is 0 Å². The summed E-state index contributed by atoms with van der Waals surface area (Å²) in [5.41, 5.74) is 1.44. The van der Waals surface area contributed by atoms with Crippen LogP contribution in [0.2, 0.25) is 0 Å². The van der Waals surface area contributed by atoms with Crippen LogP contribution in [0.25, 0.3) is 0 Å². The van der Waals surface area contributed by atoms with E-state index in [4.69, 9.17) is 14.2 Å². The van der Waals surface area contributed by atoms with Gasteiger partial charge in [0.1, 0.15) is 5.69 Å². The molecule has 1 aromatic heterocycles. The second-order valence-electron chi connectivity index (χ2n) is 6.68. The maximum Gasteiger partial charge on any atom is 0.355 e. The number of hydrogen-bond donors (Lipinski definition) is 1. The van der Waals surface area contributed by atoms with Gasteiger partial charge >= 0.3 is 11.9 Å². The molecule has 2 heterocycles. The molecular weight excluding hydrogens is 340 g/mol. The van der Waals surface area contributed by atoms with Gasteiger partial charge < -0.3 is 24.1 Å². The number of aromatic nitrogens is 1. The lowest BCUT2D eigenvalue weighted by Gasteiger charge is -2.30. The molecule has 8 nitrogen and oxygen atoms in total. The largest absolute Gasteiger partial charge is 0.459 e. The normalized spacial score (nSPS) is 17.3. The number of nitrogens with one attached hydrogen (secondary N) is 1. The summed E-state index contributed by atoms with van der Waals surface area (Å²) in [6.45, 7) is 9.78. The smallest absolute Gasteiger partial charge is 0.355 e. The van der Waals surface area contributed by atoms with Crippen molar-refractivity contribution >= 4 is 17.8 Å². The Labute approximate surface area is 152 Å². The molecule has 0 radical (unpaired) electrons. The number of hydrogen-bond acceptors (Lipinski definition) is 6. The maximum absolute atomic E-state index is 12.3. The van der Waals surface area contributed by atoms with Gasteiger partial charge in [-0.05, 0) is 40.2 Å². The Kier molecular flexibility index (Phi) is 6.42. The SMILES string of the molecule is Cc1[nH]c(C(=O)OCC(=O)N2CCOC(C)C2)c(C)c1C(=O)OC(C)C. The predicted octanol–water partition coefficient (Wildman–Crippen LogP) is 1.60. The highest BCUT2D eigenvalue weighted by Crippen LogP contribution is 2.20. The molecule has 1 aliphatic rings. The standard InChI is InChI=1S/C18H26N2O6/c1-10(2)26-17(22)15-12(4)16(19-13(15)5)18(23)25-9-14(21)20-6-7-24-11(3)8-20/h10-11,19H,6-9H2,1-5H3. The van der Waals surface area contributed by atoms with Crippen molar-refractivity contribution in [3.05, 3.63) is 22.5 Å². The van der Waals surface area contributed by atoms with Gasteiger partial charge in [-0.1, -0.05) is 0 Å². The molecule has 1 unspecified atom stereocenters. The van der Waals surface area contributed by atoms with Crippen molar-refractivity contribution in [1.29, 1.82) is 0 Å². The zero-order chi connectivity index (χ0) is 19.4. The van der Waals surface area contributed by atoms with Crippen LogP contribution in [0.1, 0.15) is 52.9 Å². The van der Waals surface area contributed by atoms with Crippen LogP contribution < -0.4 is 0 Å². The molecule has 0 spiro atoms. The maximum atomic E-state index is 12.3. The molecule has 26 heavy (non-hydrogen) atoms. The Morgan fingerprint density at radius 2 is 1.96 bits per heavy atom. The van der Waals surface area contributed by atoms with Gasteiger partial charge in [-0.3, -0.25) is 4.79 Å². The van der Waals surface area contributed by atoms with Gasteiger partial charge in [0.15, 0.2) is 6.61 Å². The minimum atomic E-state index is -0.677. The Morgan fingerprint density at radius 1 is 1.27 bits per heavy atom. The molecule has 0 aliphatic carbocycles. The number of aryl methyl sites for hydroxylation is 1. The molecule has 0 bridgehead atoms. The lowest BCUT2D eigenvalue weighted by atomic mass is 10.1. The van der Waals surface area contributed by atoms with E-state index in [1.807, 2.05) is 6.92 Å². The minimum absolute atomic E-state index is 0.0359. The van der Waals surface area contributed by atoms with Crippen LogP contribution in [0.4, 0.5) is 0 Å². The van der Waals surface area contributed by atoms with Gasteiger partial charge in [0, 0.05) is 18.8 Å². The van der Waals surface area contributed by atoms with Crippen LogP contribution >= 0.6 is 0 Å². The van der Waals surface area contributed by atoms with Crippen LogP contribution in [-0.4, -0.2) is 66.2 Å². The molecule has 1 amide bonds. The van der Waals surface area contributed by atoms with E-state index in [1.54, 1.807) is 32.6 Å². The number of rotatable bonds is 5. The summed E-state index contributed by atoms with van der Waals surface area (Å²) in [6, 6.07) is 0. The quantitative estimate of drug-likeness (QED) is 0.795. The van der Waals surface area contributed by atoms with E-state index in [9.17, 15) is 14.4 Å². The number of aromatic amines is 1. The number of amides is 1. The van der Waals surface area contributed by atoms with Crippen molar-refractivity contribution in [3.8, 4) is 0 Å². The van der Waals surface area contributed by atoms with Crippen molar-refractivity contribution in [3.63, 3.8) is 0 Å². The average molecular weight is 366 g/mol. The van der Waals surface area contributed by atoms with Gasteiger partial charge in [-0.25, -0.2) is 9.59 Å². The zero-order valence-electron chi connectivity index (χ0n) is 15.9. The second kappa shape index (κ2) is 8.35. The van der Waals surface area contributed by atoms with Gasteiger partial charge in [0.25, 0.3) is 5.91 Å². The molecule has 1 N–H and O–H groups in total. The van der Waals surface area contributed by atoms with Crippen molar-refractivity contribution in [2.75, 3.05) is 26.3 Å². The summed E-state index contributed by atoms with van der Waals surface area (Å²) in [4.78, 5) is 41.1. The highest BCUT2D eigenvalue weighted by atomic mass is 16.5. The molecule has 144 valence electrons. The third kappa shape index (κ3) is 4.63. The summed E-state index contributed by atoms with van der Waals surface area (Å²) in [5.74, 6) is -1.44. The first-order chi connectivity index (χ1) is 12.2. The van der Waals surface area contributed by atoms with Crippen LogP contribution in [-0.2, 0) is 19.0 Å². The number of carbonyl (C=O) groups excluding carboxylic acids is 3. The first-order valence-corrected chi connectivity index (χ1v) is 8.67. The molecule has 0 aromatic carbocycles. The molecule has 1 saturated heterocycles. The van der Waals surface area contributed by atoms with Crippen molar-refractivity contribution in [2.24, 2.45) is 0 Å². The van der Waals surface area contributed by atoms with Gasteiger partial charge in [0.05, 0.1) is 24.4 Å². The highest BCUT2D eigenvalue weighted by Gasteiger charge is 2.26. The van der Waals surface area contributed by atoms with Crippen LogP contribution in [0.15, 0.2) is 0 Å². The van der Waals surface area contributed by atoms with Crippen molar-refractivity contribution < 1.29 is 28.6 Å². The Morgan fingerprint density at radius 3 is 2.58 bits per heavy atom. The van der Waals surface area contributed by atoms with Crippen LogP contribution in [0, 0.1) is 13.8 Å². The fourth-order valence-corrected chi connectivity index (χ4v) is 2.87. The first kappa shape index (κ1) is 20.0. The zero-order valence-corrected chi connectivity index (χ0v) is 15.9. The average Bonchev–Trinajstić information content (AvgIpc) is 2.86. The van der Waals surface area contributed by atoms with E-state index in [0.29, 0.717) is 36.5 Å². The minimum Gasteiger partial charge on any atom is -0.459 e. The van der Waals surface area contributed by atoms with E-state index >= 15 is 0 Å². The molecule has 8 heteroatoms. The number of nitrogens with zero attached hydrogens (tertiary/aromatic N) is 1. The molecule has 1 aliphatic heterocycles. The second-order valence-corrected chi connectivity index (χ2v) is 6.68. The van der Waals surface area contributed by atoms with Crippen LogP contribution in [0.3, 0.4) is 0 Å². The number of esters is 2. The summed E-state index contributed by atoms with van der Waals surface area (Å²) in [6.07, 6.45) is -0.300. The molecule has 2 rings (SSSR count). The van der Waals surface area contributed by atoms with Crippen molar-refractivity contribution in [2.45, 2.75) is 46.8 Å². The Bertz CT molecular complexity index is 694. The Balaban J connectivity index is 2.01. The van der Waals surface area contributed by atoms with E-state index in [2.05, 4.69) is 4.98 Å². The summed E-state index contributed by atoms with van der Waals surface area (Å²) < 4.78 is 15.7. The van der Waals surface area contributed by atoms with Gasteiger partial charge in [-0.15, -0.1) is 0 Å². The third-order valence-corrected chi connectivity index (χ3v) is 4.11. The van der Waals surface area contributed by atoms with Gasteiger partial charge in [-0.2, -0.15) is 0 Å². The van der Waals surface area contributed by atoms with Crippen LogP contribution in [0.5, 0.6) is 0 Å². The summed E-state index contributed by atoms with van der Waals surface area (Å²) in [7, 11) is 0. The van der Waals surface area contributed by atoms with E-state index in [-0.39, 0.29) is 30.4 Å². The number of carbonyl (C=O) groups is 3. The molecular formula is C18H26N2O6. The lowest BCUT2D eigenvalue weighted by molar-refractivity contribution is -0.141. The van der Waals surface area contributed by atoms with E-state index in [0.717, 1.165) is 0 Å². The highest BCUT2D eigenvalue weighted by molar-refractivity contribution is 5.99. The topological polar surface area (TPSA) is 97.9 Å². The van der Waals surface area contributed by atoms with Crippen molar-refractivity contribution in [1.82, 2.24) is 9.88 Å². The number of ether oxygens (including phenoxy) is 3. The third-order valence-electron chi connectivity index (χ3n) is 4.11.